The lowest BCUT2D eigenvalue weighted by atomic mass is 10.2. The molecule has 7 heteroatoms. The molecule has 0 aliphatic carbocycles. The van der Waals surface area contributed by atoms with Crippen LogP contribution in [0.1, 0.15) is 12.5 Å². The smallest absolute Gasteiger partial charge is 0.250 e. The number of aryl methyl sites for hydroxylation is 1. The first kappa shape index (κ1) is 17.0. The molecule has 0 fully saturated rings. The van der Waals surface area contributed by atoms with E-state index in [9.17, 15) is 9.90 Å². The lowest BCUT2D eigenvalue weighted by molar-refractivity contribution is -0.118. The van der Waals surface area contributed by atoms with E-state index in [2.05, 4.69) is 27.0 Å². The van der Waals surface area contributed by atoms with Crippen LogP contribution in [0.15, 0.2) is 58.8 Å². The number of aromatic nitrogens is 2. The van der Waals surface area contributed by atoms with E-state index in [0.29, 0.717) is 5.56 Å². The fraction of sp³-hybridized carbons (Fsp3) is 0.167. The van der Waals surface area contributed by atoms with E-state index in [1.54, 1.807) is 24.3 Å². The van der Waals surface area contributed by atoms with Gasteiger partial charge in [0.2, 0.25) is 0 Å². The van der Waals surface area contributed by atoms with Gasteiger partial charge in [0.25, 0.3) is 5.91 Å². The average molecular weight is 354 g/mol. The summed E-state index contributed by atoms with van der Waals surface area (Å²) in [5, 5.41) is 14.1. The summed E-state index contributed by atoms with van der Waals surface area (Å²) in [6.45, 7) is 2.85. The number of aromatic hydroxyl groups is 1. The summed E-state index contributed by atoms with van der Waals surface area (Å²) in [5.74, 6) is 0.168. The van der Waals surface area contributed by atoms with Gasteiger partial charge in [-0.25, -0.2) is 10.4 Å². The van der Waals surface area contributed by atoms with Crippen molar-refractivity contribution >= 4 is 34.9 Å². The zero-order chi connectivity index (χ0) is 17.6. The molecule has 0 bridgehead atoms. The van der Waals surface area contributed by atoms with E-state index >= 15 is 0 Å². The maximum Gasteiger partial charge on any atom is 0.250 e. The van der Waals surface area contributed by atoms with Gasteiger partial charge in [0, 0.05) is 6.54 Å². The molecule has 0 unspecified atom stereocenters. The predicted octanol–water partition coefficient (Wildman–Crippen LogP) is 3.00. The Labute approximate surface area is 149 Å². The van der Waals surface area contributed by atoms with Gasteiger partial charge in [-0.2, -0.15) is 5.10 Å². The monoisotopic (exact) mass is 354 g/mol. The predicted molar refractivity (Wildman–Crippen MR) is 100.0 cm³/mol. The number of hydrogen-bond acceptors (Lipinski definition) is 5. The molecule has 0 saturated carbocycles. The molecule has 3 rings (SSSR count). The highest BCUT2D eigenvalue weighted by molar-refractivity contribution is 7.99. The number of para-hydroxylation sites is 2. The third-order valence-corrected chi connectivity index (χ3v) is 4.52. The Kier molecular flexibility index (Phi) is 5.35. The number of hydrazone groups is 1. The number of rotatable bonds is 6. The largest absolute Gasteiger partial charge is 0.508 e. The van der Waals surface area contributed by atoms with Gasteiger partial charge >= 0.3 is 0 Å². The zero-order valence-electron chi connectivity index (χ0n) is 13.7. The summed E-state index contributed by atoms with van der Waals surface area (Å²) in [7, 11) is 0. The maximum atomic E-state index is 12.0. The van der Waals surface area contributed by atoms with E-state index in [0.717, 1.165) is 22.7 Å². The van der Waals surface area contributed by atoms with Crippen molar-refractivity contribution in [2.75, 3.05) is 5.75 Å². The number of imidazole rings is 1. The molecule has 1 amide bonds. The minimum Gasteiger partial charge on any atom is -0.508 e. The SMILES string of the molecule is CCn1c(SCC(=O)NN=Cc2cccc(O)c2)nc2ccccc21. The normalized spacial score (nSPS) is 11.2. The zero-order valence-corrected chi connectivity index (χ0v) is 14.5. The Hall–Kier alpha value is -2.80. The molecular weight excluding hydrogens is 336 g/mol. The van der Waals surface area contributed by atoms with Crippen LogP contribution in [-0.4, -0.2) is 32.5 Å². The fourth-order valence-electron chi connectivity index (χ4n) is 2.42. The lowest BCUT2D eigenvalue weighted by Crippen LogP contribution is -2.20. The van der Waals surface area contributed by atoms with E-state index in [-0.39, 0.29) is 17.4 Å². The second-order valence-corrected chi connectivity index (χ2v) is 6.25. The average Bonchev–Trinajstić information content (AvgIpc) is 2.97. The van der Waals surface area contributed by atoms with Crippen molar-refractivity contribution in [2.24, 2.45) is 5.10 Å². The molecule has 128 valence electrons. The number of phenolic OH excluding ortho intramolecular Hbond substituents is 1. The highest BCUT2D eigenvalue weighted by atomic mass is 32.2. The molecule has 1 aromatic heterocycles. The molecule has 6 nitrogen and oxygen atoms in total. The number of phenols is 1. The Bertz CT molecular complexity index is 920. The van der Waals surface area contributed by atoms with Crippen molar-refractivity contribution in [1.29, 1.82) is 0 Å². The molecule has 0 aliphatic rings. The Morgan fingerprint density at radius 2 is 2.16 bits per heavy atom. The molecule has 2 aromatic carbocycles. The minimum absolute atomic E-state index is 0.157. The third kappa shape index (κ3) is 4.19. The third-order valence-electron chi connectivity index (χ3n) is 3.54. The summed E-state index contributed by atoms with van der Waals surface area (Å²) in [6.07, 6.45) is 1.49. The summed E-state index contributed by atoms with van der Waals surface area (Å²) in [4.78, 5) is 16.5. The number of nitrogens with one attached hydrogen (secondary N) is 1. The van der Waals surface area contributed by atoms with Crippen molar-refractivity contribution in [1.82, 2.24) is 15.0 Å². The van der Waals surface area contributed by atoms with Crippen LogP contribution in [0, 0.1) is 0 Å². The standard InChI is InChI=1S/C18H18N4O2S/c1-2-22-16-9-4-3-8-15(16)20-18(22)25-12-17(24)21-19-11-13-6-5-7-14(23)10-13/h3-11,23H,2,12H2,1H3,(H,21,24). The van der Waals surface area contributed by atoms with Crippen LogP contribution >= 0.6 is 11.8 Å². The van der Waals surface area contributed by atoms with Crippen LogP contribution in [0.4, 0.5) is 0 Å². The number of amides is 1. The van der Waals surface area contributed by atoms with Gasteiger partial charge in [-0.15, -0.1) is 0 Å². The van der Waals surface area contributed by atoms with Gasteiger partial charge in [0.1, 0.15) is 5.75 Å². The van der Waals surface area contributed by atoms with Gasteiger partial charge in [0.15, 0.2) is 5.16 Å². The van der Waals surface area contributed by atoms with Crippen LogP contribution in [0.2, 0.25) is 0 Å². The van der Waals surface area contributed by atoms with Gasteiger partial charge in [-0.1, -0.05) is 36.0 Å². The molecule has 3 aromatic rings. The summed E-state index contributed by atoms with van der Waals surface area (Å²) < 4.78 is 2.09. The van der Waals surface area contributed by atoms with E-state index < -0.39 is 0 Å². The number of carbonyl (C=O) groups excluding carboxylic acids is 1. The molecular formula is C18H18N4O2S. The molecule has 0 aliphatic heterocycles. The number of benzene rings is 2. The van der Waals surface area contributed by atoms with Crippen LogP contribution in [0.5, 0.6) is 5.75 Å². The van der Waals surface area contributed by atoms with E-state index in [4.69, 9.17) is 0 Å². The Morgan fingerprint density at radius 1 is 1.32 bits per heavy atom. The lowest BCUT2D eigenvalue weighted by Gasteiger charge is -2.04. The summed E-state index contributed by atoms with van der Waals surface area (Å²) in [5.41, 5.74) is 5.18. The molecule has 1 heterocycles. The summed E-state index contributed by atoms with van der Waals surface area (Å²) in [6, 6.07) is 14.6. The van der Waals surface area contributed by atoms with E-state index in [1.165, 1.54) is 18.0 Å². The van der Waals surface area contributed by atoms with Crippen LogP contribution < -0.4 is 5.43 Å². The first-order valence-corrected chi connectivity index (χ1v) is 8.85. The van der Waals surface area contributed by atoms with Crippen molar-refractivity contribution in [3.8, 4) is 5.75 Å². The van der Waals surface area contributed by atoms with Crippen molar-refractivity contribution in [2.45, 2.75) is 18.6 Å². The van der Waals surface area contributed by atoms with E-state index in [1.807, 2.05) is 24.3 Å². The second kappa shape index (κ2) is 7.85. The fourth-order valence-corrected chi connectivity index (χ4v) is 3.29. The molecule has 0 spiro atoms. The highest BCUT2D eigenvalue weighted by Crippen LogP contribution is 2.23. The van der Waals surface area contributed by atoms with Gasteiger partial charge in [-0.05, 0) is 36.8 Å². The summed E-state index contributed by atoms with van der Waals surface area (Å²) >= 11 is 1.38. The van der Waals surface area contributed by atoms with Crippen LogP contribution in [0.25, 0.3) is 11.0 Å². The number of hydrogen-bond donors (Lipinski definition) is 2. The van der Waals surface area contributed by atoms with Gasteiger partial charge < -0.3 is 9.67 Å². The van der Waals surface area contributed by atoms with Gasteiger partial charge in [0.05, 0.1) is 23.0 Å². The molecule has 0 atom stereocenters. The molecule has 0 saturated heterocycles. The molecule has 2 N–H and O–H groups in total. The topological polar surface area (TPSA) is 79.5 Å². The number of nitrogens with zero attached hydrogens (tertiary/aromatic N) is 3. The highest BCUT2D eigenvalue weighted by Gasteiger charge is 2.11. The molecule has 0 radical (unpaired) electrons. The Morgan fingerprint density at radius 3 is 2.96 bits per heavy atom. The first-order valence-electron chi connectivity index (χ1n) is 7.86. The Balaban J connectivity index is 1.59. The first-order chi connectivity index (χ1) is 12.2. The van der Waals surface area contributed by atoms with Crippen LogP contribution in [-0.2, 0) is 11.3 Å². The molecule has 25 heavy (non-hydrogen) atoms. The maximum absolute atomic E-state index is 12.0. The number of fused-ring (bicyclic) bond motifs is 1. The van der Waals surface area contributed by atoms with Crippen molar-refractivity contribution in [3.63, 3.8) is 0 Å². The quantitative estimate of drug-likeness (QED) is 0.405. The number of carbonyl (C=O) groups is 1. The van der Waals surface area contributed by atoms with Gasteiger partial charge in [-0.3, -0.25) is 4.79 Å². The van der Waals surface area contributed by atoms with Crippen LogP contribution in [0.3, 0.4) is 0 Å². The number of thioether (sulfide) groups is 1. The minimum atomic E-state index is -0.212. The van der Waals surface area contributed by atoms with Crippen molar-refractivity contribution < 1.29 is 9.90 Å². The van der Waals surface area contributed by atoms with Crippen molar-refractivity contribution in [3.05, 3.63) is 54.1 Å². The second-order valence-electron chi connectivity index (χ2n) is 5.30.